The lowest BCUT2D eigenvalue weighted by Crippen LogP contribution is -2.18. The van der Waals surface area contributed by atoms with Gasteiger partial charge in [-0.2, -0.15) is 0 Å². The smallest absolute Gasteiger partial charge is 0.293 e. The van der Waals surface area contributed by atoms with E-state index in [1.165, 1.54) is 11.8 Å². The molecule has 0 fully saturated rings. The Morgan fingerprint density at radius 3 is 2.23 bits per heavy atom. The molecule has 78 valence electrons. The van der Waals surface area contributed by atoms with Crippen LogP contribution in [-0.4, -0.2) is 23.8 Å². The minimum absolute atomic E-state index is 0.321. The van der Waals surface area contributed by atoms with E-state index in [2.05, 4.69) is 5.09 Å². The van der Waals surface area contributed by atoms with Gasteiger partial charge in [0, 0.05) is 0 Å². The summed E-state index contributed by atoms with van der Waals surface area (Å²) in [7, 11) is -3.20. The molecule has 0 heterocycles. The maximum Gasteiger partial charge on any atom is 0.433 e. The summed E-state index contributed by atoms with van der Waals surface area (Å²) in [5.41, 5.74) is 0. The zero-order chi connectivity index (χ0) is 10.3. The highest BCUT2D eigenvalue weighted by atomic mass is 32.2. The monoisotopic (exact) mass is 243 g/mol. The molecular weight excluding hydrogens is 229 g/mol. The predicted molar refractivity (Wildman–Crippen MR) is 60.1 cm³/mol. The Morgan fingerprint density at radius 1 is 1.46 bits per heavy atom. The van der Waals surface area contributed by atoms with Gasteiger partial charge in [0.15, 0.2) is 0 Å². The van der Waals surface area contributed by atoms with Crippen molar-refractivity contribution < 1.29 is 13.6 Å². The van der Waals surface area contributed by atoms with E-state index in [4.69, 9.17) is 21.3 Å². The van der Waals surface area contributed by atoms with Crippen LogP contribution in [0.4, 0.5) is 0 Å². The van der Waals surface area contributed by atoms with Gasteiger partial charge in [0.25, 0.3) is 0 Å². The average molecular weight is 243 g/mol. The van der Waals surface area contributed by atoms with E-state index in [0.717, 1.165) is 0 Å². The molecule has 7 heteroatoms. The molecule has 0 aromatic heterocycles. The van der Waals surface area contributed by atoms with Gasteiger partial charge in [-0.3, -0.25) is 14.1 Å². The molecule has 0 amide bonds. The van der Waals surface area contributed by atoms with Crippen molar-refractivity contribution in [1.29, 1.82) is 0 Å². The van der Waals surface area contributed by atoms with Crippen molar-refractivity contribution in [2.75, 3.05) is 19.5 Å². The van der Waals surface area contributed by atoms with Gasteiger partial charge in [0.05, 0.1) is 13.2 Å². The topological polar surface area (TPSA) is 47.6 Å². The summed E-state index contributed by atoms with van der Waals surface area (Å²) >= 11 is 6.14. The van der Waals surface area contributed by atoms with E-state index in [0.29, 0.717) is 17.5 Å². The summed E-state index contributed by atoms with van der Waals surface area (Å²) in [4.78, 5) is 0. The number of thiocarbonyl (C=S) groups is 1. The number of thioether (sulfide) groups is 1. The van der Waals surface area contributed by atoms with Crippen molar-refractivity contribution >= 4 is 36.0 Å². The molecule has 0 aromatic rings. The second-order valence-corrected chi connectivity index (χ2v) is 5.15. The third kappa shape index (κ3) is 5.65. The third-order valence-corrected chi connectivity index (χ3v) is 4.08. The van der Waals surface area contributed by atoms with Crippen molar-refractivity contribution in [2.45, 2.75) is 13.8 Å². The second-order valence-electron chi connectivity index (χ2n) is 1.94. The van der Waals surface area contributed by atoms with E-state index in [1.807, 2.05) is 0 Å². The Balaban J connectivity index is 4.23. The van der Waals surface area contributed by atoms with Crippen LogP contribution in [0, 0.1) is 0 Å². The summed E-state index contributed by atoms with van der Waals surface area (Å²) in [5, 5.41) is 2.55. The van der Waals surface area contributed by atoms with Crippen molar-refractivity contribution in [3.8, 4) is 0 Å². The zero-order valence-corrected chi connectivity index (χ0v) is 10.4. The summed E-state index contributed by atoms with van der Waals surface area (Å²) in [6.07, 6.45) is 1.79. The number of hydrogen-bond donors (Lipinski definition) is 1. The van der Waals surface area contributed by atoms with Gasteiger partial charge in [0.1, 0.15) is 4.32 Å². The first-order chi connectivity index (χ1) is 6.08. The van der Waals surface area contributed by atoms with Crippen LogP contribution in [0.2, 0.25) is 0 Å². The Bertz CT molecular complexity index is 202. The molecule has 4 nitrogen and oxygen atoms in total. The number of hydrogen-bond acceptors (Lipinski definition) is 5. The lowest BCUT2D eigenvalue weighted by Gasteiger charge is -2.17. The van der Waals surface area contributed by atoms with E-state index < -0.39 is 7.75 Å². The standard InChI is InChI=1S/C6H14NO3PS2/c1-4-9-11(8,10-5-2)7-6(12)13-3/h4-5H2,1-3H3,(H,7,8,12). The van der Waals surface area contributed by atoms with Gasteiger partial charge in [0.2, 0.25) is 0 Å². The van der Waals surface area contributed by atoms with Crippen LogP contribution in [-0.2, 0) is 13.6 Å². The van der Waals surface area contributed by atoms with Crippen molar-refractivity contribution in [1.82, 2.24) is 5.09 Å². The lowest BCUT2D eigenvalue weighted by atomic mass is 10.9. The summed E-state index contributed by atoms with van der Waals surface area (Å²) in [6, 6.07) is 0. The molecule has 0 aromatic carbocycles. The van der Waals surface area contributed by atoms with Crippen LogP contribution in [0.5, 0.6) is 0 Å². The molecule has 0 aliphatic heterocycles. The molecular formula is C6H14NO3PS2. The molecule has 0 atom stereocenters. The minimum atomic E-state index is -3.20. The molecule has 0 spiro atoms. The Hall–Kier alpha value is 0.390. The molecule has 0 saturated carbocycles. The molecule has 0 saturated heterocycles. The van der Waals surface area contributed by atoms with E-state index >= 15 is 0 Å². The Kier molecular flexibility index (Phi) is 6.99. The van der Waals surface area contributed by atoms with Gasteiger partial charge in [-0.05, 0) is 20.1 Å². The average Bonchev–Trinajstić information content (AvgIpc) is 2.04. The number of rotatable bonds is 5. The van der Waals surface area contributed by atoms with Crippen LogP contribution in [0.3, 0.4) is 0 Å². The first kappa shape index (κ1) is 13.4. The van der Waals surface area contributed by atoms with Crippen LogP contribution in [0.15, 0.2) is 0 Å². The lowest BCUT2D eigenvalue weighted by molar-refractivity contribution is 0.216. The van der Waals surface area contributed by atoms with Gasteiger partial charge < -0.3 is 0 Å². The fraction of sp³-hybridized carbons (Fsp3) is 0.833. The second kappa shape index (κ2) is 6.79. The third-order valence-electron chi connectivity index (χ3n) is 1.01. The molecule has 0 rings (SSSR count). The quantitative estimate of drug-likeness (QED) is 0.591. The zero-order valence-electron chi connectivity index (χ0n) is 7.90. The van der Waals surface area contributed by atoms with Crippen LogP contribution >= 0.6 is 31.7 Å². The van der Waals surface area contributed by atoms with Crippen molar-refractivity contribution in [3.05, 3.63) is 0 Å². The predicted octanol–water partition coefficient (Wildman–Crippen LogP) is 2.41. The van der Waals surface area contributed by atoms with Crippen molar-refractivity contribution in [2.24, 2.45) is 0 Å². The SMILES string of the molecule is CCOP(=O)(NC(=S)SC)OCC. The highest BCUT2D eigenvalue weighted by molar-refractivity contribution is 8.22. The fourth-order valence-electron chi connectivity index (χ4n) is 0.599. The molecule has 0 radical (unpaired) electrons. The van der Waals surface area contributed by atoms with Crippen LogP contribution in [0.25, 0.3) is 0 Å². The summed E-state index contributed by atoms with van der Waals surface area (Å²) in [6.45, 7) is 4.13. The normalized spacial score (nSPS) is 11.3. The van der Waals surface area contributed by atoms with Gasteiger partial charge >= 0.3 is 7.75 Å². The Labute approximate surface area is 88.3 Å². The van der Waals surface area contributed by atoms with Gasteiger partial charge in [-0.25, -0.2) is 4.57 Å². The Morgan fingerprint density at radius 2 is 1.92 bits per heavy atom. The first-order valence-electron chi connectivity index (χ1n) is 3.83. The molecule has 0 aliphatic rings. The van der Waals surface area contributed by atoms with Crippen LogP contribution in [0.1, 0.15) is 13.8 Å². The summed E-state index contributed by atoms with van der Waals surface area (Å²) in [5.74, 6) is 0. The molecule has 13 heavy (non-hydrogen) atoms. The maximum atomic E-state index is 11.7. The van der Waals surface area contributed by atoms with Crippen LogP contribution < -0.4 is 5.09 Å². The van der Waals surface area contributed by atoms with Gasteiger partial charge in [-0.1, -0.05) is 12.2 Å². The van der Waals surface area contributed by atoms with E-state index in [-0.39, 0.29) is 0 Å². The highest BCUT2D eigenvalue weighted by Crippen LogP contribution is 2.43. The number of nitrogens with one attached hydrogen (secondary N) is 1. The first-order valence-corrected chi connectivity index (χ1v) is 7.01. The van der Waals surface area contributed by atoms with Gasteiger partial charge in [-0.15, -0.1) is 11.8 Å². The molecule has 0 bridgehead atoms. The van der Waals surface area contributed by atoms with E-state index in [9.17, 15) is 4.57 Å². The molecule has 0 aliphatic carbocycles. The fourth-order valence-corrected chi connectivity index (χ4v) is 2.74. The van der Waals surface area contributed by atoms with Crippen molar-refractivity contribution in [3.63, 3.8) is 0 Å². The largest absolute Gasteiger partial charge is 0.433 e. The maximum absolute atomic E-state index is 11.7. The molecule has 0 unspecified atom stereocenters. The highest BCUT2D eigenvalue weighted by Gasteiger charge is 2.24. The van der Waals surface area contributed by atoms with E-state index in [1.54, 1.807) is 20.1 Å². The summed E-state index contributed by atoms with van der Waals surface area (Å²) < 4.78 is 22.1. The molecule has 1 N–H and O–H groups in total. The minimum Gasteiger partial charge on any atom is -0.293 e.